The summed E-state index contributed by atoms with van der Waals surface area (Å²) >= 11 is 6.17. The molecule has 2 amide bonds. The fraction of sp³-hybridized carbons (Fsp3) is 0.211. The zero-order valence-electron chi connectivity index (χ0n) is 14.2. The van der Waals surface area contributed by atoms with Crippen LogP contribution in [0.1, 0.15) is 24.0 Å². The highest BCUT2D eigenvalue weighted by Gasteiger charge is 2.26. The molecule has 0 atom stereocenters. The molecule has 0 radical (unpaired) electrons. The molecule has 1 fully saturated rings. The lowest BCUT2D eigenvalue weighted by Gasteiger charge is -2.08. The molecule has 27 heavy (non-hydrogen) atoms. The van der Waals surface area contributed by atoms with Gasteiger partial charge in [-0.05, 0) is 54.3 Å². The highest BCUT2D eigenvalue weighted by molar-refractivity contribution is 6.35. The number of carbonyl (C=O) groups excluding carboxylic acids is 2. The Kier molecular flexibility index (Phi) is 6.03. The molecule has 3 rings (SSSR count). The van der Waals surface area contributed by atoms with E-state index in [1.165, 1.54) is 18.3 Å². The van der Waals surface area contributed by atoms with Gasteiger partial charge < -0.3 is 10.1 Å². The van der Waals surface area contributed by atoms with Crippen LogP contribution in [0.15, 0.2) is 47.6 Å². The first-order valence-electron chi connectivity index (χ1n) is 8.32. The van der Waals surface area contributed by atoms with Crippen LogP contribution in [-0.2, 0) is 16.2 Å². The summed E-state index contributed by atoms with van der Waals surface area (Å²) in [6.45, 7) is 0.178. The van der Waals surface area contributed by atoms with Crippen LogP contribution in [0.2, 0.25) is 5.02 Å². The van der Waals surface area contributed by atoms with Crippen molar-refractivity contribution >= 4 is 29.6 Å². The second-order valence-electron chi connectivity index (χ2n) is 6.06. The molecular weight excluding hydrogens is 373 g/mol. The summed E-state index contributed by atoms with van der Waals surface area (Å²) in [7, 11) is 0. The monoisotopic (exact) mass is 389 g/mol. The van der Waals surface area contributed by atoms with Crippen LogP contribution in [0.4, 0.5) is 4.39 Å². The highest BCUT2D eigenvalue weighted by atomic mass is 35.5. The minimum absolute atomic E-state index is 0.103. The number of ether oxygens (including phenoxy) is 1. The lowest BCUT2D eigenvalue weighted by molar-refractivity contribution is -0.139. The quantitative estimate of drug-likeness (QED) is 0.453. The second kappa shape index (κ2) is 8.64. The lowest BCUT2D eigenvalue weighted by Crippen LogP contribution is -2.38. The van der Waals surface area contributed by atoms with E-state index >= 15 is 0 Å². The minimum atomic E-state index is -0.820. The molecule has 1 saturated carbocycles. The predicted octanol–water partition coefficient (Wildman–Crippen LogP) is 2.79. The Bertz CT molecular complexity index is 884. The molecule has 8 heteroatoms. The highest BCUT2D eigenvalue weighted by Crippen LogP contribution is 2.26. The predicted molar refractivity (Wildman–Crippen MR) is 99.1 cm³/mol. The maximum absolute atomic E-state index is 13.2. The number of nitrogens with zero attached hydrogens (tertiary/aromatic N) is 1. The summed E-state index contributed by atoms with van der Waals surface area (Å²) in [5.41, 5.74) is 3.45. The maximum Gasteiger partial charge on any atom is 0.329 e. The van der Waals surface area contributed by atoms with Gasteiger partial charge in [0.1, 0.15) is 18.2 Å². The Morgan fingerprint density at radius 2 is 2.04 bits per heavy atom. The average Bonchev–Trinajstić information content (AvgIpc) is 3.45. The van der Waals surface area contributed by atoms with Gasteiger partial charge in [-0.15, -0.1) is 0 Å². The van der Waals surface area contributed by atoms with E-state index in [4.69, 9.17) is 16.3 Å². The van der Waals surface area contributed by atoms with Crippen molar-refractivity contribution in [2.24, 2.45) is 5.10 Å². The van der Waals surface area contributed by atoms with Crippen molar-refractivity contribution in [3.63, 3.8) is 0 Å². The molecule has 0 aromatic heterocycles. The standard InChI is InChI=1S/C19H17ClFN3O3/c20-16-9-12(10-22-24-19(26)18(25)23-15-5-6-15)4-7-17(16)27-11-13-2-1-3-14(21)8-13/h1-4,7-10,15H,5-6,11H2,(H,23,25)(H,24,26)/b22-10-. The van der Waals surface area contributed by atoms with Gasteiger partial charge in [-0.3, -0.25) is 9.59 Å². The number of nitrogens with one attached hydrogen (secondary N) is 2. The number of halogens is 2. The van der Waals surface area contributed by atoms with E-state index in [1.54, 1.807) is 30.3 Å². The van der Waals surface area contributed by atoms with Gasteiger partial charge in [-0.25, -0.2) is 9.82 Å². The van der Waals surface area contributed by atoms with E-state index in [9.17, 15) is 14.0 Å². The lowest BCUT2D eigenvalue weighted by atomic mass is 10.2. The van der Waals surface area contributed by atoms with E-state index in [-0.39, 0.29) is 18.5 Å². The van der Waals surface area contributed by atoms with Gasteiger partial charge in [0.05, 0.1) is 11.2 Å². The SMILES string of the molecule is O=C(N/N=C\c1ccc(OCc2cccc(F)c2)c(Cl)c1)C(=O)NC1CC1. The topological polar surface area (TPSA) is 79.8 Å². The smallest absolute Gasteiger partial charge is 0.329 e. The molecule has 0 unspecified atom stereocenters. The number of rotatable bonds is 6. The number of hydrogen-bond acceptors (Lipinski definition) is 4. The number of hydrazone groups is 1. The van der Waals surface area contributed by atoms with Crippen LogP contribution in [-0.4, -0.2) is 24.1 Å². The first-order valence-corrected chi connectivity index (χ1v) is 8.70. The van der Waals surface area contributed by atoms with Crippen molar-refractivity contribution in [2.45, 2.75) is 25.5 Å². The van der Waals surface area contributed by atoms with Gasteiger partial charge in [0.25, 0.3) is 0 Å². The van der Waals surface area contributed by atoms with E-state index in [0.29, 0.717) is 21.9 Å². The Hall–Kier alpha value is -2.93. The summed E-state index contributed by atoms with van der Waals surface area (Å²) in [5.74, 6) is -1.42. The number of amides is 2. The summed E-state index contributed by atoms with van der Waals surface area (Å²) in [4.78, 5) is 23.0. The Morgan fingerprint density at radius 3 is 2.74 bits per heavy atom. The normalized spacial score (nSPS) is 13.4. The summed E-state index contributed by atoms with van der Waals surface area (Å²) in [6, 6.07) is 11.1. The first kappa shape index (κ1) is 18.8. The largest absolute Gasteiger partial charge is 0.487 e. The number of benzene rings is 2. The van der Waals surface area contributed by atoms with Gasteiger partial charge in [0.15, 0.2) is 0 Å². The van der Waals surface area contributed by atoms with Crippen molar-refractivity contribution < 1.29 is 18.7 Å². The van der Waals surface area contributed by atoms with Crippen LogP contribution >= 0.6 is 11.6 Å². The van der Waals surface area contributed by atoms with Gasteiger partial charge >= 0.3 is 11.8 Å². The van der Waals surface area contributed by atoms with Gasteiger partial charge in [-0.2, -0.15) is 5.10 Å². The maximum atomic E-state index is 13.2. The molecule has 0 heterocycles. The Morgan fingerprint density at radius 1 is 1.22 bits per heavy atom. The third-order valence-electron chi connectivity index (χ3n) is 3.74. The molecule has 0 bridgehead atoms. The molecule has 2 aromatic rings. The van der Waals surface area contributed by atoms with Crippen molar-refractivity contribution in [3.8, 4) is 5.75 Å². The Labute approximate surface area is 160 Å². The van der Waals surface area contributed by atoms with Gasteiger partial charge in [0.2, 0.25) is 0 Å². The number of hydrogen-bond donors (Lipinski definition) is 2. The van der Waals surface area contributed by atoms with Crippen molar-refractivity contribution in [1.29, 1.82) is 0 Å². The minimum Gasteiger partial charge on any atom is -0.487 e. The zero-order chi connectivity index (χ0) is 19.2. The molecule has 1 aliphatic carbocycles. The molecule has 1 aliphatic rings. The van der Waals surface area contributed by atoms with E-state index in [1.807, 2.05) is 0 Å². The zero-order valence-corrected chi connectivity index (χ0v) is 15.0. The molecule has 140 valence electrons. The molecule has 0 saturated heterocycles. The Balaban J connectivity index is 1.52. The summed E-state index contributed by atoms with van der Waals surface area (Å²) in [6.07, 6.45) is 3.16. The third-order valence-corrected chi connectivity index (χ3v) is 4.03. The summed E-state index contributed by atoms with van der Waals surface area (Å²) < 4.78 is 18.7. The van der Waals surface area contributed by atoms with Gasteiger partial charge in [0, 0.05) is 6.04 Å². The van der Waals surface area contributed by atoms with Crippen LogP contribution in [0, 0.1) is 5.82 Å². The third kappa shape index (κ3) is 5.79. The molecular formula is C19H17ClFN3O3. The van der Waals surface area contributed by atoms with Crippen LogP contribution < -0.4 is 15.5 Å². The van der Waals surface area contributed by atoms with Crippen molar-refractivity contribution in [2.75, 3.05) is 0 Å². The van der Waals surface area contributed by atoms with Gasteiger partial charge in [-0.1, -0.05) is 23.7 Å². The average molecular weight is 390 g/mol. The van der Waals surface area contributed by atoms with Crippen LogP contribution in [0.25, 0.3) is 0 Å². The molecule has 2 N–H and O–H groups in total. The van der Waals surface area contributed by atoms with Crippen LogP contribution in [0.5, 0.6) is 5.75 Å². The van der Waals surface area contributed by atoms with Crippen molar-refractivity contribution in [3.05, 3.63) is 64.4 Å². The summed E-state index contributed by atoms with van der Waals surface area (Å²) in [5, 5.41) is 6.64. The fourth-order valence-electron chi connectivity index (χ4n) is 2.20. The second-order valence-corrected chi connectivity index (χ2v) is 6.46. The fourth-order valence-corrected chi connectivity index (χ4v) is 2.44. The molecule has 6 nitrogen and oxygen atoms in total. The van der Waals surface area contributed by atoms with E-state index in [0.717, 1.165) is 12.8 Å². The first-order chi connectivity index (χ1) is 13.0. The number of carbonyl (C=O) groups is 2. The van der Waals surface area contributed by atoms with E-state index in [2.05, 4.69) is 15.8 Å². The molecule has 2 aromatic carbocycles. The van der Waals surface area contributed by atoms with Crippen molar-refractivity contribution in [1.82, 2.24) is 10.7 Å². The molecule has 0 spiro atoms. The van der Waals surface area contributed by atoms with E-state index < -0.39 is 11.8 Å². The molecule has 0 aliphatic heterocycles. The van der Waals surface area contributed by atoms with Crippen LogP contribution in [0.3, 0.4) is 0 Å².